The average Bonchev–Trinajstić information content (AvgIpc) is 2.66. The van der Waals surface area contributed by atoms with Gasteiger partial charge in [-0.1, -0.05) is 0 Å². The second kappa shape index (κ2) is 5.98. The van der Waals surface area contributed by atoms with Gasteiger partial charge in [0.25, 0.3) is 5.69 Å². The van der Waals surface area contributed by atoms with Crippen molar-refractivity contribution in [3.05, 3.63) is 53.3 Å². The lowest BCUT2D eigenvalue weighted by Crippen LogP contribution is -2.02. The summed E-state index contributed by atoms with van der Waals surface area (Å²) in [4.78, 5) is 11.3. The van der Waals surface area contributed by atoms with Gasteiger partial charge in [-0.3, -0.25) is 10.1 Å². The number of nitro benzene ring substituents is 1. The first-order valence-corrected chi connectivity index (χ1v) is 7.49. The fourth-order valence-corrected chi connectivity index (χ4v) is 3.59. The molecular formula is C11H7Br2FN2O2S. The van der Waals surface area contributed by atoms with Crippen LogP contribution in [0.2, 0.25) is 0 Å². The summed E-state index contributed by atoms with van der Waals surface area (Å²) in [6.07, 6.45) is 0. The Morgan fingerprint density at radius 2 is 2.11 bits per heavy atom. The van der Waals surface area contributed by atoms with E-state index in [-0.39, 0.29) is 11.4 Å². The molecule has 2 aromatic rings. The molecule has 19 heavy (non-hydrogen) atoms. The highest BCUT2D eigenvalue weighted by Gasteiger charge is 2.14. The Balaban J connectivity index is 2.19. The van der Waals surface area contributed by atoms with Crippen molar-refractivity contribution in [1.82, 2.24) is 0 Å². The van der Waals surface area contributed by atoms with Crippen molar-refractivity contribution < 1.29 is 9.31 Å². The van der Waals surface area contributed by atoms with Gasteiger partial charge in [-0.2, -0.15) is 0 Å². The summed E-state index contributed by atoms with van der Waals surface area (Å²) in [5.74, 6) is -0.512. The van der Waals surface area contributed by atoms with Crippen LogP contribution in [0.15, 0.2) is 32.5 Å². The molecule has 0 bridgehead atoms. The Bertz CT molecular complexity index is 614. The van der Waals surface area contributed by atoms with Gasteiger partial charge in [0.05, 0.1) is 8.71 Å². The SMILES string of the molecule is O=[N+]([O-])c1ccc(F)cc1NCc1cc(Br)c(Br)s1. The molecule has 0 aliphatic carbocycles. The molecular weight excluding hydrogens is 403 g/mol. The van der Waals surface area contributed by atoms with Crippen molar-refractivity contribution in [2.75, 3.05) is 5.32 Å². The molecule has 1 N–H and O–H groups in total. The number of nitrogens with one attached hydrogen (secondary N) is 1. The lowest BCUT2D eigenvalue weighted by Gasteiger charge is -2.05. The molecule has 8 heteroatoms. The van der Waals surface area contributed by atoms with E-state index < -0.39 is 10.7 Å². The number of nitrogens with zero attached hydrogens (tertiary/aromatic N) is 1. The van der Waals surface area contributed by atoms with E-state index in [9.17, 15) is 14.5 Å². The number of halogens is 3. The van der Waals surface area contributed by atoms with Crippen LogP contribution in [0, 0.1) is 15.9 Å². The number of rotatable bonds is 4. The van der Waals surface area contributed by atoms with Gasteiger partial charge in [0.15, 0.2) is 0 Å². The van der Waals surface area contributed by atoms with Crippen LogP contribution >= 0.6 is 43.2 Å². The Kier molecular flexibility index (Phi) is 4.54. The van der Waals surface area contributed by atoms with E-state index >= 15 is 0 Å². The second-order valence-electron chi connectivity index (χ2n) is 3.61. The maximum absolute atomic E-state index is 13.1. The molecule has 0 fully saturated rings. The van der Waals surface area contributed by atoms with Crippen LogP contribution in [0.3, 0.4) is 0 Å². The van der Waals surface area contributed by atoms with Gasteiger partial charge >= 0.3 is 0 Å². The molecule has 0 unspecified atom stereocenters. The molecule has 1 aromatic heterocycles. The van der Waals surface area contributed by atoms with Gasteiger partial charge < -0.3 is 5.32 Å². The number of nitro groups is 1. The number of thiophene rings is 1. The molecule has 0 saturated carbocycles. The summed E-state index contributed by atoms with van der Waals surface area (Å²) in [5, 5.41) is 13.7. The van der Waals surface area contributed by atoms with Crippen LogP contribution in [0.25, 0.3) is 0 Å². The predicted molar refractivity (Wildman–Crippen MR) is 80.1 cm³/mol. The van der Waals surface area contributed by atoms with E-state index in [1.807, 2.05) is 6.07 Å². The minimum atomic E-state index is -0.540. The third kappa shape index (κ3) is 3.52. The summed E-state index contributed by atoms with van der Waals surface area (Å²) < 4.78 is 15.0. The maximum Gasteiger partial charge on any atom is 0.292 e. The van der Waals surface area contributed by atoms with Crippen molar-refractivity contribution >= 4 is 54.6 Å². The summed E-state index contributed by atoms with van der Waals surface area (Å²) in [7, 11) is 0. The maximum atomic E-state index is 13.1. The Morgan fingerprint density at radius 3 is 2.68 bits per heavy atom. The Morgan fingerprint density at radius 1 is 1.37 bits per heavy atom. The topological polar surface area (TPSA) is 55.2 Å². The largest absolute Gasteiger partial charge is 0.375 e. The number of benzene rings is 1. The zero-order chi connectivity index (χ0) is 14.0. The molecule has 100 valence electrons. The average molecular weight is 410 g/mol. The number of anilines is 1. The van der Waals surface area contributed by atoms with Crippen molar-refractivity contribution in [2.45, 2.75) is 6.54 Å². The van der Waals surface area contributed by atoms with Crippen LogP contribution in [-0.2, 0) is 6.54 Å². The van der Waals surface area contributed by atoms with Gasteiger partial charge in [0, 0.05) is 28.0 Å². The summed E-state index contributed by atoms with van der Waals surface area (Å²) >= 11 is 8.22. The standard InChI is InChI=1S/C11H7Br2FN2O2S/c12-8-4-7(19-11(8)13)5-15-9-3-6(14)1-2-10(9)16(17)18/h1-4,15H,5H2. The molecule has 0 spiro atoms. The smallest absolute Gasteiger partial charge is 0.292 e. The molecule has 1 heterocycles. The number of hydrogen-bond acceptors (Lipinski definition) is 4. The van der Waals surface area contributed by atoms with Crippen LogP contribution < -0.4 is 5.32 Å². The molecule has 2 rings (SSSR count). The molecule has 0 aliphatic rings. The minimum absolute atomic E-state index is 0.143. The minimum Gasteiger partial charge on any atom is -0.375 e. The Hall–Kier alpha value is -0.990. The van der Waals surface area contributed by atoms with Gasteiger partial charge in [-0.05, 0) is 44.0 Å². The van der Waals surface area contributed by atoms with E-state index in [2.05, 4.69) is 37.2 Å². The first kappa shape index (κ1) is 14.4. The fraction of sp³-hybridized carbons (Fsp3) is 0.0909. The van der Waals surface area contributed by atoms with Gasteiger partial charge in [0.1, 0.15) is 11.5 Å². The van der Waals surface area contributed by atoms with Gasteiger partial charge in [0.2, 0.25) is 0 Å². The normalized spacial score (nSPS) is 10.5. The highest BCUT2D eigenvalue weighted by molar-refractivity contribution is 9.13. The molecule has 0 radical (unpaired) electrons. The lowest BCUT2D eigenvalue weighted by atomic mass is 10.2. The predicted octanol–water partition coefficient (Wildman–Crippen LogP) is 4.93. The second-order valence-corrected chi connectivity index (χ2v) is 6.92. The van der Waals surface area contributed by atoms with E-state index in [0.29, 0.717) is 6.54 Å². The summed E-state index contributed by atoms with van der Waals surface area (Å²) in [6, 6.07) is 5.24. The van der Waals surface area contributed by atoms with E-state index in [1.54, 1.807) is 0 Å². The zero-order valence-corrected chi connectivity index (χ0v) is 13.3. The first-order valence-electron chi connectivity index (χ1n) is 5.09. The highest BCUT2D eigenvalue weighted by Crippen LogP contribution is 2.33. The molecule has 0 saturated heterocycles. The van der Waals surface area contributed by atoms with Crippen LogP contribution in [0.5, 0.6) is 0 Å². The number of hydrogen-bond donors (Lipinski definition) is 1. The van der Waals surface area contributed by atoms with E-state index in [0.717, 1.165) is 31.3 Å². The third-order valence-corrected chi connectivity index (χ3v) is 5.56. The molecule has 0 amide bonds. The van der Waals surface area contributed by atoms with Gasteiger partial charge in [-0.25, -0.2) is 4.39 Å². The van der Waals surface area contributed by atoms with E-state index in [1.165, 1.54) is 11.3 Å². The fourth-order valence-electron chi connectivity index (χ4n) is 1.47. The lowest BCUT2D eigenvalue weighted by molar-refractivity contribution is -0.384. The Labute approximate surface area is 129 Å². The summed E-state index contributed by atoms with van der Waals surface area (Å²) in [6.45, 7) is 0.388. The van der Waals surface area contributed by atoms with Crippen LogP contribution in [0.1, 0.15) is 4.88 Å². The highest BCUT2D eigenvalue weighted by atomic mass is 79.9. The molecule has 0 aliphatic heterocycles. The zero-order valence-electron chi connectivity index (χ0n) is 9.32. The first-order chi connectivity index (χ1) is 8.97. The molecule has 4 nitrogen and oxygen atoms in total. The van der Waals surface area contributed by atoms with E-state index in [4.69, 9.17) is 0 Å². The van der Waals surface area contributed by atoms with Gasteiger partial charge in [-0.15, -0.1) is 11.3 Å². The molecule has 1 aromatic carbocycles. The van der Waals surface area contributed by atoms with Crippen LogP contribution in [0.4, 0.5) is 15.8 Å². The van der Waals surface area contributed by atoms with Crippen molar-refractivity contribution in [2.24, 2.45) is 0 Å². The molecule has 0 atom stereocenters. The summed E-state index contributed by atoms with van der Waals surface area (Å²) in [5.41, 5.74) is 0.0294. The van der Waals surface area contributed by atoms with Crippen molar-refractivity contribution in [3.63, 3.8) is 0 Å². The van der Waals surface area contributed by atoms with Crippen LogP contribution in [-0.4, -0.2) is 4.92 Å². The third-order valence-electron chi connectivity index (χ3n) is 2.30. The van der Waals surface area contributed by atoms with Crippen molar-refractivity contribution in [3.8, 4) is 0 Å². The monoisotopic (exact) mass is 408 g/mol. The van der Waals surface area contributed by atoms with Crippen molar-refractivity contribution in [1.29, 1.82) is 0 Å². The quantitative estimate of drug-likeness (QED) is 0.575.